The van der Waals surface area contributed by atoms with Gasteiger partial charge in [-0.05, 0) is 24.3 Å². The third-order valence-corrected chi connectivity index (χ3v) is 4.03. The lowest BCUT2D eigenvalue weighted by molar-refractivity contribution is 0.679. The van der Waals surface area contributed by atoms with Crippen LogP contribution in [0.25, 0.3) is 10.6 Å². The van der Waals surface area contributed by atoms with Crippen molar-refractivity contribution in [3.63, 3.8) is 0 Å². The molecular weight excluding hydrogens is 204 g/mol. The first-order chi connectivity index (χ1) is 7.43. The van der Waals surface area contributed by atoms with Crippen molar-refractivity contribution in [2.75, 3.05) is 0 Å². The van der Waals surface area contributed by atoms with Crippen LogP contribution in [-0.4, -0.2) is 9.97 Å². The molecule has 1 aliphatic rings. The molecule has 0 bridgehead atoms. The molecule has 3 rings (SSSR count). The van der Waals surface area contributed by atoms with Crippen LogP contribution in [0.4, 0.5) is 0 Å². The van der Waals surface area contributed by atoms with Gasteiger partial charge in [-0.25, -0.2) is 4.98 Å². The van der Waals surface area contributed by atoms with Gasteiger partial charge in [0.25, 0.3) is 0 Å². The highest BCUT2D eigenvalue weighted by molar-refractivity contribution is 7.13. The smallest absolute Gasteiger partial charge is 0.109 e. The molecule has 2 aromatic rings. The summed E-state index contributed by atoms with van der Waals surface area (Å²) in [6.07, 6.45) is 7.30. The Kier molecular flexibility index (Phi) is 2.33. The quantitative estimate of drug-likeness (QED) is 0.816. The number of rotatable bonds is 2. The number of nitrogens with zero attached hydrogens (tertiary/aromatic N) is 1. The van der Waals surface area contributed by atoms with Crippen LogP contribution in [0.3, 0.4) is 0 Å². The molecule has 3 heteroatoms. The molecule has 2 nitrogen and oxygen atoms in total. The summed E-state index contributed by atoms with van der Waals surface area (Å²) in [6, 6.07) is 4.21. The zero-order chi connectivity index (χ0) is 10.1. The Morgan fingerprint density at radius 3 is 2.93 bits per heavy atom. The van der Waals surface area contributed by atoms with E-state index in [1.807, 2.05) is 6.20 Å². The second-order valence-electron chi connectivity index (χ2n) is 4.14. The number of hydrogen-bond acceptors (Lipinski definition) is 2. The van der Waals surface area contributed by atoms with Crippen molar-refractivity contribution in [3.8, 4) is 10.6 Å². The predicted octanol–water partition coefficient (Wildman–Crippen LogP) is 3.80. The molecule has 0 radical (unpaired) electrons. The van der Waals surface area contributed by atoms with E-state index in [2.05, 4.69) is 27.5 Å². The van der Waals surface area contributed by atoms with E-state index < -0.39 is 0 Å². The van der Waals surface area contributed by atoms with Crippen LogP contribution in [0.5, 0.6) is 0 Å². The van der Waals surface area contributed by atoms with Gasteiger partial charge in [0.15, 0.2) is 0 Å². The van der Waals surface area contributed by atoms with Crippen LogP contribution < -0.4 is 0 Å². The van der Waals surface area contributed by atoms with Crippen molar-refractivity contribution in [2.45, 2.75) is 31.6 Å². The summed E-state index contributed by atoms with van der Waals surface area (Å²) in [7, 11) is 0. The highest BCUT2D eigenvalue weighted by atomic mass is 32.1. The van der Waals surface area contributed by atoms with E-state index in [0.717, 1.165) is 0 Å². The van der Waals surface area contributed by atoms with Gasteiger partial charge >= 0.3 is 0 Å². The van der Waals surface area contributed by atoms with Crippen LogP contribution in [0.1, 0.15) is 37.4 Å². The van der Waals surface area contributed by atoms with Crippen LogP contribution in [0.15, 0.2) is 23.7 Å². The molecule has 2 heterocycles. The van der Waals surface area contributed by atoms with E-state index in [1.165, 1.54) is 42.1 Å². The van der Waals surface area contributed by atoms with Crippen molar-refractivity contribution >= 4 is 11.3 Å². The topological polar surface area (TPSA) is 28.7 Å². The average molecular weight is 218 g/mol. The summed E-state index contributed by atoms with van der Waals surface area (Å²) in [5.74, 6) is 1.87. The first-order valence-corrected chi connectivity index (χ1v) is 6.40. The van der Waals surface area contributed by atoms with Crippen molar-refractivity contribution in [1.29, 1.82) is 0 Å². The summed E-state index contributed by atoms with van der Waals surface area (Å²) in [5, 5.41) is 2.10. The Balaban J connectivity index is 1.87. The summed E-state index contributed by atoms with van der Waals surface area (Å²) in [6.45, 7) is 0. The van der Waals surface area contributed by atoms with Crippen LogP contribution in [-0.2, 0) is 0 Å². The van der Waals surface area contributed by atoms with Crippen molar-refractivity contribution < 1.29 is 0 Å². The number of aromatic amines is 1. The lowest BCUT2D eigenvalue weighted by atomic mass is 10.1. The zero-order valence-electron chi connectivity index (χ0n) is 8.57. The number of hydrogen-bond donors (Lipinski definition) is 1. The standard InChI is InChI=1S/C12H14N2S/c1-2-5-9(4-1)12-13-8-10(14-12)11-6-3-7-15-11/h3,6-9H,1-2,4-5H2,(H,13,14). The fourth-order valence-electron chi connectivity index (χ4n) is 2.30. The molecule has 0 saturated heterocycles. The van der Waals surface area contributed by atoms with E-state index in [9.17, 15) is 0 Å². The van der Waals surface area contributed by atoms with Crippen molar-refractivity contribution in [3.05, 3.63) is 29.5 Å². The molecule has 0 unspecified atom stereocenters. The molecule has 1 fully saturated rings. The normalized spacial score (nSPS) is 17.3. The second kappa shape index (κ2) is 3.81. The van der Waals surface area contributed by atoms with E-state index in [0.29, 0.717) is 5.92 Å². The molecule has 15 heavy (non-hydrogen) atoms. The lowest BCUT2D eigenvalue weighted by Gasteiger charge is -2.03. The molecule has 1 N–H and O–H groups in total. The molecule has 0 aromatic carbocycles. The monoisotopic (exact) mass is 218 g/mol. The van der Waals surface area contributed by atoms with Crippen molar-refractivity contribution in [1.82, 2.24) is 9.97 Å². The Hall–Kier alpha value is -1.09. The van der Waals surface area contributed by atoms with Gasteiger partial charge in [-0.1, -0.05) is 18.9 Å². The number of thiophene rings is 1. The van der Waals surface area contributed by atoms with Gasteiger partial charge in [-0.2, -0.15) is 0 Å². The third-order valence-electron chi connectivity index (χ3n) is 3.12. The third kappa shape index (κ3) is 1.72. The fraction of sp³-hybridized carbons (Fsp3) is 0.417. The maximum absolute atomic E-state index is 4.51. The maximum atomic E-state index is 4.51. The Morgan fingerprint density at radius 1 is 1.33 bits per heavy atom. The summed E-state index contributed by atoms with van der Waals surface area (Å²) < 4.78 is 0. The number of aromatic nitrogens is 2. The molecule has 0 amide bonds. The molecule has 0 spiro atoms. The molecule has 1 aliphatic carbocycles. The highest BCUT2D eigenvalue weighted by Gasteiger charge is 2.19. The SMILES string of the molecule is c1csc(-c2cnc(C3CCCC3)[nH]2)c1. The largest absolute Gasteiger partial charge is 0.341 e. The fourth-order valence-corrected chi connectivity index (χ4v) is 2.99. The van der Waals surface area contributed by atoms with Crippen LogP contribution in [0.2, 0.25) is 0 Å². The predicted molar refractivity (Wildman–Crippen MR) is 63.1 cm³/mol. The number of imidazole rings is 1. The summed E-state index contributed by atoms with van der Waals surface area (Å²) >= 11 is 1.76. The van der Waals surface area contributed by atoms with Gasteiger partial charge in [-0.15, -0.1) is 11.3 Å². The Morgan fingerprint density at radius 2 is 2.20 bits per heavy atom. The molecule has 0 aliphatic heterocycles. The average Bonchev–Trinajstić information content (AvgIpc) is 3.02. The van der Waals surface area contributed by atoms with Gasteiger partial charge < -0.3 is 4.98 Å². The molecule has 1 saturated carbocycles. The number of nitrogens with one attached hydrogen (secondary N) is 1. The Bertz CT molecular complexity index is 424. The van der Waals surface area contributed by atoms with Gasteiger partial charge in [-0.3, -0.25) is 0 Å². The van der Waals surface area contributed by atoms with Crippen LogP contribution in [0, 0.1) is 0 Å². The van der Waals surface area contributed by atoms with E-state index >= 15 is 0 Å². The lowest BCUT2D eigenvalue weighted by Crippen LogP contribution is -1.94. The van der Waals surface area contributed by atoms with Gasteiger partial charge in [0.2, 0.25) is 0 Å². The molecular formula is C12H14N2S. The highest BCUT2D eigenvalue weighted by Crippen LogP contribution is 2.33. The minimum Gasteiger partial charge on any atom is -0.341 e. The maximum Gasteiger partial charge on any atom is 0.109 e. The molecule has 0 atom stereocenters. The van der Waals surface area contributed by atoms with Gasteiger partial charge in [0, 0.05) is 5.92 Å². The van der Waals surface area contributed by atoms with Gasteiger partial charge in [0.05, 0.1) is 16.8 Å². The first-order valence-electron chi connectivity index (χ1n) is 5.52. The van der Waals surface area contributed by atoms with Crippen LogP contribution >= 0.6 is 11.3 Å². The summed E-state index contributed by atoms with van der Waals surface area (Å²) in [5.41, 5.74) is 1.17. The van der Waals surface area contributed by atoms with Crippen molar-refractivity contribution in [2.24, 2.45) is 0 Å². The van der Waals surface area contributed by atoms with E-state index in [4.69, 9.17) is 0 Å². The first kappa shape index (κ1) is 9.16. The number of H-pyrrole nitrogens is 1. The second-order valence-corrected chi connectivity index (χ2v) is 5.09. The minimum absolute atomic E-state index is 0.679. The van der Waals surface area contributed by atoms with E-state index in [-0.39, 0.29) is 0 Å². The zero-order valence-corrected chi connectivity index (χ0v) is 9.39. The molecule has 78 valence electrons. The van der Waals surface area contributed by atoms with E-state index in [1.54, 1.807) is 11.3 Å². The van der Waals surface area contributed by atoms with Gasteiger partial charge in [0.1, 0.15) is 5.82 Å². The molecule has 2 aromatic heterocycles. The minimum atomic E-state index is 0.679. The summed E-state index contributed by atoms with van der Waals surface area (Å²) in [4.78, 5) is 9.25. The Labute approximate surface area is 93.4 Å².